The molecule has 0 amide bonds. The van der Waals surface area contributed by atoms with E-state index in [0.717, 1.165) is 0 Å². The zero-order chi connectivity index (χ0) is 15.9. The molecule has 0 N–H and O–H groups in total. The number of sulfone groups is 1. The Kier molecular flexibility index (Phi) is 6.36. The monoisotopic (exact) mass is 314 g/mol. The van der Waals surface area contributed by atoms with Gasteiger partial charge in [0.2, 0.25) is 0 Å². The molecule has 0 spiro atoms. The minimum atomic E-state index is -3.78. The Morgan fingerprint density at radius 3 is 2.33 bits per heavy atom. The molecule has 0 radical (unpaired) electrons. The number of hydrogen-bond acceptors (Lipinski definition) is 6. The van der Waals surface area contributed by atoms with E-state index in [1.54, 1.807) is 37.3 Å². The van der Waals surface area contributed by atoms with Crippen LogP contribution >= 0.6 is 0 Å². The highest BCUT2D eigenvalue weighted by atomic mass is 32.2. The third kappa shape index (κ3) is 5.55. The lowest BCUT2D eigenvalue weighted by atomic mass is 10.0. The van der Waals surface area contributed by atoms with Crippen LogP contribution in [0.3, 0.4) is 0 Å². The molecule has 0 saturated carbocycles. The second kappa shape index (κ2) is 7.78. The maximum atomic E-state index is 12.0. The predicted octanol–water partition coefficient (Wildman–Crippen LogP) is 0.921. The summed E-state index contributed by atoms with van der Waals surface area (Å²) in [7, 11) is -2.59. The Morgan fingerprint density at radius 1 is 1.19 bits per heavy atom. The summed E-state index contributed by atoms with van der Waals surface area (Å²) >= 11 is 0. The lowest BCUT2D eigenvalue weighted by molar-refractivity contribution is -0.142. The van der Waals surface area contributed by atoms with Crippen molar-refractivity contribution in [1.82, 2.24) is 0 Å². The fraction of sp³-hybridized carbons (Fsp3) is 0.429. The highest BCUT2D eigenvalue weighted by molar-refractivity contribution is 7.92. The quantitative estimate of drug-likeness (QED) is 0.696. The Labute approximate surface area is 124 Å². The van der Waals surface area contributed by atoms with Gasteiger partial charge in [0.1, 0.15) is 5.75 Å². The molecule has 6 nitrogen and oxygen atoms in total. The first kappa shape index (κ1) is 17.2. The van der Waals surface area contributed by atoms with Crippen LogP contribution in [0.1, 0.15) is 18.4 Å². The topological polar surface area (TPSA) is 86.7 Å². The van der Waals surface area contributed by atoms with E-state index in [1.807, 2.05) is 0 Å². The number of ether oxygens (including phenoxy) is 2. The van der Waals surface area contributed by atoms with Crippen LogP contribution in [-0.2, 0) is 28.9 Å². The molecule has 0 aliphatic rings. The molecule has 0 bridgehead atoms. The van der Waals surface area contributed by atoms with E-state index in [-0.39, 0.29) is 6.61 Å². The van der Waals surface area contributed by atoms with Gasteiger partial charge in [-0.15, -0.1) is 0 Å². The molecule has 0 fully saturated rings. The molecule has 0 saturated heterocycles. The normalized spacial score (nSPS) is 12.5. The number of methoxy groups -OCH3 is 1. The first-order valence-corrected chi connectivity index (χ1v) is 8.20. The van der Waals surface area contributed by atoms with Crippen molar-refractivity contribution in [3.63, 3.8) is 0 Å². The van der Waals surface area contributed by atoms with Crippen molar-refractivity contribution >= 4 is 21.8 Å². The highest BCUT2D eigenvalue weighted by Gasteiger charge is 2.29. The predicted molar refractivity (Wildman–Crippen MR) is 76.5 cm³/mol. The number of hydrogen-bond donors (Lipinski definition) is 0. The molecule has 1 aromatic rings. The molecule has 0 heterocycles. The SMILES string of the molecule is CCOC(=O)CS(=O)(=O)CC(C(=O)OC)c1ccccc1. The van der Waals surface area contributed by atoms with E-state index in [2.05, 4.69) is 9.47 Å². The number of benzene rings is 1. The van der Waals surface area contributed by atoms with Gasteiger partial charge in [0.05, 0.1) is 25.4 Å². The van der Waals surface area contributed by atoms with Gasteiger partial charge < -0.3 is 9.47 Å². The van der Waals surface area contributed by atoms with E-state index in [4.69, 9.17) is 0 Å². The molecule has 116 valence electrons. The van der Waals surface area contributed by atoms with Crippen molar-refractivity contribution in [3.05, 3.63) is 35.9 Å². The van der Waals surface area contributed by atoms with Crippen LogP contribution in [0, 0.1) is 0 Å². The second-order valence-corrected chi connectivity index (χ2v) is 6.46. The van der Waals surface area contributed by atoms with Crippen molar-refractivity contribution in [2.24, 2.45) is 0 Å². The van der Waals surface area contributed by atoms with Crippen LogP contribution in [0.2, 0.25) is 0 Å². The average Bonchev–Trinajstić information content (AvgIpc) is 2.44. The molecule has 0 aliphatic carbocycles. The van der Waals surface area contributed by atoms with Gasteiger partial charge in [0, 0.05) is 0 Å². The van der Waals surface area contributed by atoms with Crippen LogP contribution in [-0.4, -0.2) is 45.6 Å². The van der Waals surface area contributed by atoms with Crippen molar-refractivity contribution in [3.8, 4) is 0 Å². The molecule has 1 aromatic carbocycles. The summed E-state index contributed by atoms with van der Waals surface area (Å²) in [5.74, 6) is -3.69. The molecule has 21 heavy (non-hydrogen) atoms. The third-order valence-electron chi connectivity index (χ3n) is 2.75. The average molecular weight is 314 g/mol. The van der Waals surface area contributed by atoms with Gasteiger partial charge in [-0.1, -0.05) is 30.3 Å². The number of carbonyl (C=O) groups is 2. The first-order valence-electron chi connectivity index (χ1n) is 6.38. The third-order valence-corrected chi connectivity index (χ3v) is 4.27. The molecular weight excluding hydrogens is 296 g/mol. The van der Waals surface area contributed by atoms with Crippen molar-refractivity contribution in [1.29, 1.82) is 0 Å². The maximum Gasteiger partial charge on any atom is 0.321 e. The van der Waals surface area contributed by atoms with E-state index in [1.165, 1.54) is 7.11 Å². The van der Waals surface area contributed by atoms with Gasteiger partial charge in [-0.2, -0.15) is 0 Å². The second-order valence-electron chi connectivity index (χ2n) is 4.35. The van der Waals surface area contributed by atoms with Crippen LogP contribution in [0.15, 0.2) is 30.3 Å². The zero-order valence-electron chi connectivity index (χ0n) is 11.9. The van der Waals surface area contributed by atoms with E-state index >= 15 is 0 Å². The van der Waals surface area contributed by atoms with Gasteiger partial charge in [-0.05, 0) is 12.5 Å². The van der Waals surface area contributed by atoms with Crippen molar-refractivity contribution in [2.75, 3.05) is 25.2 Å². The van der Waals surface area contributed by atoms with Crippen LogP contribution in [0.4, 0.5) is 0 Å². The summed E-state index contributed by atoms with van der Waals surface area (Å²) in [5, 5.41) is 0. The molecule has 1 atom stereocenters. The van der Waals surface area contributed by atoms with Crippen LogP contribution in [0.25, 0.3) is 0 Å². The Morgan fingerprint density at radius 2 is 1.81 bits per heavy atom. The van der Waals surface area contributed by atoms with Gasteiger partial charge in [0.15, 0.2) is 9.84 Å². The standard InChI is InChI=1S/C14H18O6S/c1-3-20-13(15)10-21(17,18)9-12(14(16)19-2)11-7-5-4-6-8-11/h4-8,12H,3,9-10H2,1-2H3. The lowest BCUT2D eigenvalue weighted by Gasteiger charge is -2.15. The Balaban J connectivity index is 2.92. The van der Waals surface area contributed by atoms with E-state index < -0.39 is 39.2 Å². The van der Waals surface area contributed by atoms with Crippen molar-refractivity contribution in [2.45, 2.75) is 12.8 Å². The Bertz CT molecular complexity index is 579. The van der Waals surface area contributed by atoms with Gasteiger partial charge >= 0.3 is 11.9 Å². The van der Waals surface area contributed by atoms with E-state index in [0.29, 0.717) is 5.56 Å². The summed E-state index contributed by atoms with van der Waals surface area (Å²) < 4.78 is 33.3. The van der Waals surface area contributed by atoms with Crippen LogP contribution in [0.5, 0.6) is 0 Å². The van der Waals surface area contributed by atoms with E-state index in [9.17, 15) is 18.0 Å². The lowest BCUT2D eigenvalue weighted by Crippen LogP contribution is -2.28. The molecule has 1 rings (SSSR count). The highest BCUT2D eigenvalue weighted by Crippen LogP contribution is 2.19. The minimum absolute atomic E-state index is 0.105. The summed E-state index contributed by atoms with van der Waals surface area (Å²) in [6.45, 7) is 1.69. The van der Waals surface area contributed by atoms with Gasteiger partial charge in [0.25, 0.3) is 0 Å². The Hall–Kier alpha value is -1.89. The maximum absolute atomic E-state index is 12.0. The molecule has 7 heteroatoms. The largest absolute Gasteiger partial charge is 0.469 e. The minimum Gasteiger partial charge on any atom is -0.469 e. The summed E-state index contributed by atoms with van der Waals surface area (Å²) in [4.78, 5) is 23.1. The molecule has 0 aliphatic heterocycles. The summed E-state index contributed by atoms with van der Waals surface area (Å²) in [5.41, 5.74) is 0.525. The smallest absolute Gasteiger partial charge is 0.321 e. The molecule has 1 unspecified atom stereocenters. The first-order chi connectivity index (χ1) is 9.89. The zero-order valence-corrected chi connectivity index (χ0v) is 12.8. The number of carbonyl (C=O) groups excluding carboxylic acids is 2. The van der Waals surface area contributed by atoms with Gasteiger partial charge in [-0.25, -0.2) is 8.42 Å². The molecular formula is C14H18O6S. The fourth-order valence-corrected chi connectivity index (χ4v) is 3.22. The number of esters is 2. The van der Waals surface area contributed by atoms with Gasteiger partial charge in [-0.3, -0.25) is 9.59 Å². The summed E-state index contributed by atoms with van der Waals surface area (Å²) in [6, 6.07) is 8.43. The van der Waals surface area contributed by atoms with Crippen molar-refractivity contribution < 1.29 is 27.5 Å². The fourth-order valence-electron chi connectivity index (χ4n) is 1.82. The molecule has 0 aromatic heterocycles. The van der Waals surface area contributed by atoms with Crippen LogP contribution < -0.4 is 0 Å². The summed E-state index contributed by atoms with van der Waals surface area (Å²) in [6.07, 6.45) is 0. The number of rotatable bonds is 7.